The van der Waals surface area contributed by atoms with Gasteiger partial charge < -0.3 is 9.72 Å². The first-order chi connectivity index (χ1) is 8.70. The average molecular weight is 240 g/mol. The lowest BCUT2D eigenvalue weighted by Crippen LogP contribution is -2.24. The van der Waals surface area contributed by atoms with E-state index in [1.807, 2.05) is 6.07 Å². The largest absolute Gasteiger partial charge is 0.367 e. The number of rotatable bonds is 0. The minimum Gasteiger partial charge on any atom is -0.367 e. The van der Waals surface area contributed by atoms with Gasteiger partial charge in [0.05, 0.1) is 23.9 Å². The highest BCUT2D eigenvalue weighted by Crippen LogP contribution is 2.23. The third-order valence-electron chi connectivity index (χ3n) is 2.99. The Balaban J connectivity index is 2.45. The predicted molar refractivity (Wildman–Crippen MR) is 63.3 cm³/mol. The van der Waals surface area contributed by atoms with Crippen LogP contribution in [-0.4, -0.2) is 17.4 Å². The second kappa shape index (κ2) is 3.79. The molecule has 1 aliphatic rings. The van der Waals surface area contributed by atoms with Crippen LogP contribution >= 0.6 is 0 Å². The van der Waals surface area contributed by atoms with E-state index >= 15 is 0 Å². The fraction of sp³-hybridized carbons (Fsp3) is 0.154. The van der Waals surface area contributed by atoms with Gasteiger partial charge in [-0.1, -0.05) is 6.07 Å². The molecule has 0 aliphatic carbocycles. The number of carbonyl (C=O) groups excluding carboxylic acids is 1. The van der Waals surface area contributed by atoms with Gasteiger partial charge in [0.15, 0.2) is 5.78 Å². The molecule has 5 heteroatoms. The van der Waals surface area contributed by atoms with Gasteiger partial charge in [-0.15, -0.1) is 0 Å². The van der Waals surface area contributed by atoms with Crippen molar-refractivity contribution in [2.75, 3.05) is 6.61 Å². The average Bonchev–Trinajstić information content (AvgIpc) is 2.38. The summed E-state index contributed by atoms with van der Waals surface area (Å²) in [6.45, 7) is 0.250. The van der Waals surface area contributed by atoms with Crippen LogP contribution in [0.15, 0.2) is 23.0 Å². The van der Waals surface area contributed by atoms with E-state index in [4.69, 9.17) is 10.00 Å². The monoisotopic (exact) mass is 240 g/mol. The SMILES string of the molecule is N#Cc1ccc2c3c([nH]c(=O)c2c1)COCC3=O. The molecule has 1 aromatic carbocycles. The van der Waals surface area contributed by atoms with Crippen LogP contribution in [0.3, 0.4) is 0 Å². The summed E-state index contributed by atoms with van der Waals surface area (Å²) in [6.07, 6.45) is 0. The van der Waals surface area contributed by atoms with Gasteiger partial charge in [0.2, 0.25) is 0 Å². The number of nitriles is 1. The highest BCUT2D eigenvalue weighted by atomic mass is 16.5. The van der Waals surface area contributed by atoms with Gasteiger partial charge in [-0.2, -0.15) is 5.26 Å². The summed E-state index contributed by atoms with van der Waals surface area (Å²) in [7, 11) is 0. The maximum Gasteiger partial charge on any atom is 0.256 e. The molecule has 3 rings (SSSR count). The fourth-order valence-corrected chi connectivity index (χ4v) is 2.19. The zero-order valence-corrected chi connectivity index (χ0v) is 9.32. The number of ketones is 1. The van der Waals surface area contributed by atoms with Crippen molar-refractivity contribution in [3.05, 3.63) is 45.4 Å². The van der Waals surface area contributed by atoms with Crippen molar-refractivity contribution >= 4 is 16.6 Å². The van der Waals surface area contributed by atoms with E-state index in [0.29, 0.717) is 27.6 Å². The Labute approximate surface area is 102 Å². The summed E-state index contributed by atoms with van der Waals surface area (Å²) < 4.78 is 5.08. The molecule has 0 bridgehead atoms. The van der Waals surface area contributed by atoms with Gasteiger partial charge >= 0.3 is 0 Å². The van der Waals surface area contributed by atoms with E-state index in [-0.39, 0.29) is 24.6 Å². The first-order valence-electron chi connectivity index (χ1n) is 5.40. The van der Waals surface area contributed by atoms with Crippen LogP contribution in [0.25, 0.3) is 10.8 Å². The highest BCUT2D eigenvalue weighted by molar-refractivity contribution is 6.10. The standard InChI is InChI=1S/C13H8N2O3/c14-4-7-1-2-8-9(3-7)13(17)15-10-5-18-6-11(16)12(8)10/h1-3H,5-6H2,(H,15,17). The molecular formula is C13H8N2O3. The number of carbonyl (C=O) groups is 1. The summed E-state index contributed by atoms with van der Waals surface area (Å²) in [6, 6.07) is 6.72. The molecule has 1 N–H and O–H groups in total. The molecule has 0 saturated heterocycles. The molecule has 18 heavy (non-hydrogen) atoms. The number of fused-ring (bicyclic) bond motifs is 3. The van der Waals surface area contributed by atoms with Crippen LogP contribution < -0.4 is 5.56 Å². The third-order valence-corrected chi connectivity index (χ3v) is 2.99. The lowest BCUT2D eigenvalue weighted by atomic mass is 9.98. The van der Waals surface area contributed by atoms with Crippen molar-refractivity contribution in [3.8, 4) is 6.07 Å². The molecular weight excluding hydrogens is 232 g/mol. The lowest BCUT2D eigenvalue weighted by molar-refractivity contribution is 0.0657. The Morgan fingerprint density at radius 2 is 2.06 bits per heavy atom. The number of benzene rings is 1. The number of nitrogens with one attached hydrogen (secondary N) is 1. The van der Waals surface area contributed by atoms with Crippen LogP contribution in [0.2, 0.25) is 0 Å². The Hall–Kier alpha value is -2.45. The number of hydrogen-bond acceptors (Lipinski definition) is 4. The van der Waals surface area contributed by atoms with Crippen molar-refractivity contribution < 1.29 is 9.53 Å². The molecule has 0 radical (unpaired) electrons. The van der Waals surface area contributed by atoms with Crippen molar-refractivity contribution in [1.82, 2.24) is 4.98 Å². The van der Waals surface area contributed by atoms with E-state index < -0.39 is 0 Å². The van der Waals surface area contributed by atoms with Crippen molar-refractivity contribution in [1.29, 1.82) is 5.26 Å². The maximum absolute atomic E-state index is 11.9. The third kappa shape index (κ3) is 1.44. The van der Waals surface area contributed by atoms with Crippen LogP contribution in [-0.2, 0) is 11.3 Å². The summed E-state index contributed by atoms with van der Waals surface area (Å²) in [4.78, 5) is 26.4. The molecule has 1 aliphatic heterocycles. The smallest absolute Gasteiger partial charge is 0.256 e. The van der Waals surface area contributed by atoms with E-state index in [1.165, 1.54) is 6.07 Å². The summed E-state index contributed by atoms with van der Waals surface area (Å²) in [5, 5.41) is 9.78. The normalized spacial score (nSPS) is 14.3. The van der Waals surface area contributed by atoms with Crippen LogP contribution in [0.5, 0.6) is 0 Å². The molecule has 5 nitrogen and oxygen atoms in total. The fourth-order valence-electron chi connectivity index (χ4n) is 2.19. The Kier molecular flexibility index (Phi) is 2.25. The van der Waals surface area contributed by atoms with Gasteiger partial charge in [-0.05, 0) is 17.5 Å². The number of H-pyrrole nitrogens is 1. The molecule has 88 valence electrons. The molecule has 0 unspecified atom stereocenters. The van der Waals surface area contributed by atoms with E-state index in [1.54, 1.807) is 12.1 Å². The van der Waals surface area contributed by atoms with Crippen LogP contribution in [0, 0.1) is 11.3 Å². The van der Waals surface area contributed by atoms with Crippen molar-refractivity contribution in [2.24, 2.45) is 0 Å². The van der Waals surface area contributed by atoms with Gasteiger partial charge in [-0.3, -0.25) is 9.59 Å². The predicted octanol–water partition coefficient (Wildman–Crippen LogP) is 1.11. The number of aromatic amines is 1. The van der Waals surface area contributed by atoms with Crippen LogP contribution in [0.1, 0.15) is 21.6 Å². The summed E-state index contributed by atoms with van der Waals surface area (Å²) >= 11 is 0. The van der Waals surface area contributed by atoms with Crippen LogP contribution in [0.4, 0.5) is 0 Å². The number of pyridine rings is 1. The molecule has 0 amide bonds. The summed E-state index contributed by atoms with van der Waals surface area (Å²) in [5.74, 6) is -0.151. The molecule has 0 spiro atoms. The molecule has 0 fully saturated rings. The van der Waals surface area contributed by atoms with Gasteiger partial charge in [0.1, 0.15) is 6.61 Å². The number of hydrogen-bond donors (Lipinski definition) is 1. The first-order valence-corrected chi connectivity index (χ1v) is 5.40. The van der Waals surface area contributed by atoms with Crippen molar-refractivity contribution in [2.45, 2.75) is 6.61 Å². The quantitative estimate of drug-likeness (QED) is 0.747. The second-order valence-electron chi connectivity index (χ2n) is 4.10. The zero-order valence-electron chi connectivity index (χ0n) is 9.32. The Morgan fingerprint density at radius 3 is 2.83 bits per heavy atom. The molecule has 0 saturated carbocycles. The molecule has 0 atom stereocenters. The van der Waals surface area contributed by atoms with Gasteiger partial charge in [-0.25, -0.2) is 0 Å². The minimum atomic E-state index is -0.306. The van der Waals surface area contributed by atoms with E-state index in [0.717, 1.165) is 0 Å². The Bertz CT molecular complexity index is 768. The van der Waals surface area contributed by atoms with E-state index in [2.05, 4.69) is 4.98 Å². The molecule has 2 heterocycles. The lowest BCUT2D eigenvalue weighted by Gasteiger charge is -2.16. The number of ether oxygens (including phenoxy) is 1. The van der Waals surface area contributed by atoms with Gasteiger partial charge in [0.25, 0.3) is 5.56 Å². The molecule has 1 aromatic heterocycles. The minimum absolute atomic E-state index is 0.0220. The maximum atomic E-state index is 11.9. The van der Waals surface area contributed by atoms with Crippen molar-refractivity contribution in [3.63, 3.8) is 0 Å². The highest BCUT2D eigenvalue weighted by Gasteiger charge is 2.22. The first kappa shape index (κ1) is 10.7. The number of Topliss-reactive ketones (excluding diaryl/α,β-unsaturated/α-hetero) is 1. The summed E-state index contributed by atoms with van der Waals surface area (Å²) in [5.41, 5.74) is 1.10. The second-order valence-corrected chi connectivity index (χ2v) is 4.10. The van der Waals surface area contributed by atoms with E-state index in [9.17, 15) is 9.59 Å². The van der Waals surface area contributed by atoms with Gasteiger partial charge in [0, 0.05) is 10.9 Å². The topological polar surface area (TPSA) is 82.9 Å². The Morgan fingerprint density at radius 1 is 1.22 bits per heavy atom. The zero-order chi connectivity index (χ0) is 12.7. The molecule has 2 aromatic rings. The number of nitrogens with zero attached hydrogens (tertiary/aromatic N) is 1. The number of aromatic nitrogens is 1.